The average Bonchev–Trinajstić information content (AvgIpc) is 2.39. The number of hydrogen-bond donors (Lipinski definition) is 0. The van der Waals surface area contributed by atoms with Gasteiger partial charge in [-0.3, -0.25) is 0 Å². The third-order valence-corrected chi connectivity index (χ3v) is 7.64. The first kappa shape index (κ1) is 16.8. The monoisotopic (exact) mass is 368 g/mol. The molecule has 0 bridgehead atoms. The molecular formula is C9H9Cl5O3Si. The lowest BCUT2D eigenvalue weighted by Crippen LogP contribution is -2.55. The SMILES string of the molecule is CO[Si](OC)(OC)c1c(Cl)c(Cl)c(Cl)c(Cl)c1Cl. The predicted molar refractivity (Wildman–Crippen MR) is 77.9 cm³/mol. The highest BCUT2D eigenvalue weighted by Crippen LogP contribution is 2.40. The largest absolute Gasteiger partial charge is 0.539 e. The third-order valence-electron chi connectivity index (χ3n) is 2.32. The molecule has 1 aromatic carbocycles. The smallest absolute Gasteiger partial charge is 0.373 e. The van der Waals surface area contributed by atoms with Gasteiger partial charge in [-0.05, 0) is 0 Å². The minimum absolute atomic E-state index is 0.0725. The molecule has 1 aromatic rings. The van der Waals surface area contributed by atoms with Crippen LogP contribution < -0.4 is 5.19 Å². The first-order valence-corrected chi connectivity index (χ1v) is 8.15. The lowest BCUT2D eigenvalue weighted by molar-refractivity contribution is 0.140. The van der Waals surface area contributed by atoms with Crippen molar-refractivity contribution in [2.24, 2.45) is 0 Å². The Labute approximate surface area is 131 Å². The van der Waals surface area contributed by atoms with E-state index in [1.807, 2.05) is 0 Å². The second-order valence-electron chi connectivity index (χ2n) is 3.11. The van der Waals surface area contributed by atoms with Gasteiger partial charge in [0.2, 0.25) is 0 Å². The Morgan fingerprint density at radius 3 is 1.17 bits per heavy atom. The van der Waals surface area contributed by atoms with Crippen molar-refractivity contribution in [3.05, 3.63) is 25.1 Å². The van der Waals surface area contributed by atoms with Crippen LogP contribution in [0.25, 0.3) is 0 Å². The quantitative estimate of drug-likeness (QED) is 0.455. The summed E-state index contributed by atoms with van der Waals surface area (Å²) in [5, 5.41) is 0.721. The van der Waals surface area contributed by atoms with Gasteiger partial charge in [-0.2, -0.15) is 0 Å². The van der Waals surface area contributed by atoms with Crippen LogP contribution in [0.5, 0.6) is 0 Å². The van der Waals surface area contributed by atoms with Gasteiger partial charge >= 0.3 is 8.80 Å². The molecule has 0 aliphatic heterocycles. The van der Waals surface area contributed by atoms with Gasteiger partial charge in [0.1, 0.15) is 0 Å². The van der Waals surface area contributed by atoms with Crippen LogP contribution in [0, 0.1) is 0 Å². The molecule has 1 rings (SSSR count). The van der Waals surface area contributed by atoms with E-state index in [-0.39, 0.29) is 30.3 Å². The van der Waals surface area contributed by atoms with Gasteiger partial charge in [-0.1, -0.05) is 58.0 Å². The zero-order chi connectivity index (χ0) is 14.1. The maximum Gasteiger partial charge on any atom is 0.539 e. The number of benzene rings is 1. The normalized spacial score (nSPS) is 12.0. The second kappa shape index (κ2) is 6.48. The van der Waals surface area contributed by atoms with Crippen molar-refractivity contribution in [2.75, 3.05) is 21.3 Å². The molecule has 3 nitrogen and oxygen atoms in total. The number of hydrogen-bond acceptors (Lipinski definition) is 3. The van der Waals surface area contributed by atoms with E-state index >= 15 is 0 Å². The molecule has 0 radical (unpaired) electrons. The maximum atomic E-state index is 6.13. The molecule has 0 aliphatic carbocycles. The lowest BCUT2D eigenvalue weighted by atomic mass is 10.3. The Hall–Kier alpha value is 0.767. The fraction of sp³-hybridized carbons (Fsp3) is 0.333. The molecule has 0 atom stereocenters. The van der Waals surface area contributed by atoms with Gasteiger partial charge in [-0.25, -0.2) is 0 Å². The van der Waals surface area contributed by atoms with Gasteiger partial charge in [0, 0.05) is 21.3 Å². The van der Waals surface area contributed by atoms with E-state index < -0.39 is 8.80 Å². The van der Waals surface area contributed by atoms with E-state index in [1.165, 1.54) is 21.3 Å². The van der Waals surface area contributed by atoms with Gasteiger partial charge in [0.15, 0.2) is 0 Å². The lowest BCUT2D eigenvalue weighted by Gasteiger charge is -2.27. The molecule has 18 heavy (non-hydrogen) atoms. The molecule has 0 amide bonds. The summed E-state index contributed by atoms with van der Waals surface area (Å²) < 4.78 is 15.9. The summed E-state index contributed by atoms with van der Waals surface area (Å²) in [5.41, 5.74) is 0. The Bertz CT molecular complexity index is 427. The third kappa shape index (κ3) is 2.64. The van der Waals surface area contributed by atoms with Gasteiger partial charge in [0.05, 0.1) is 30.3 Å². The highest BCUT2D eigenvalue weighted by molar-refractivity contribution is 6.81. The second-order valence-corrected chi connectivity index (χ2v) is 7.84. The van der Waals surface area contributed by atoms with E-state index in [0.717, 1.165) is 0 Å². The molecule has 0 unspecified atom stereocenters. The molecule has 0 aliphatic rings. The van der Waals surface area contributed by atoms with Gasteiger partial charge in [-0.15, -0.1) is 0 Å². The minimum atomic E-state index is -3.26. The molecule has 9 heteroatoms. The molecule has 0 N–H and O–H groups in total. The molecular weight excluding hydrogens is 361 g/mol. The summed E-state index contributed by atoms with van der Waals surface area (Å²) in [4.78, 5) is 0. The van der Waals surface area contributed by atoms with Crippen LogP contribution in [-0.2, 0) is 13.3 Å². The zero-order valence-corrected chi connectivity index (χ0v) is 14.4. The van der Waals surface area contributed by atoms with Crippen molar-refractivity contribution in [1.82, 2.24) is 0 Å². The average molecular weight is 371 g/mol. The molecule has 0 fully saturated rings. The van der Waals surface area contributed by atoms with Crippen molar-refractivity contribution >= 4 is 72.0 Å². The Balaban J connectivity index is 3.69. The van der Waals surface area contributed by atoms with Crippen LogP contribution in [0.4, 0.5) is 0 Å². The van der Waals surface area contributed by atoms with Crippen LogP contribution in [-0.4, -0.2) is 30.1 Å². The van der Waals surface area contributed by atoms with Crippen molar-refractivity contribution < 1.29 is 13.3 Å². The Morgan fingerprint density at radius 1 is 0.611 bits per heavy atom. The Kier molecular flexibility index (Phi) is 6.05. The Morgan fingerprint density at radius 2 is 0.889 bits per heavy atom. The van der Waals surface area contributed by atoms with Crippen LogP contribution in [0.15, 0.2) is 0 Å². The van der Waals surface area contributed by atoms with Gasteiger partial charge < -0.3 is 13.3 Å². The topological polar surface area (TPSA) is 27.7 Å². The van der Waals surface area contributed by atoms with E-state index in [9.17, 15) is 0 Å². The van der Waals surface area contributed by atoms with Crippen molar-refractivity contribution in [1.29, 1.82) is 0 Å². The van der Waals surface area contributed by atoms with Crippen LogP contribution in [0.3, 0.4) is 0 Å². The standard InChI is InChI=1S/C9H9Cl5O3Si/c1-15-18(16-2,17-3)9-7(13)5(11)4(10)6(12)8(9)14/h1-3H3. The zero-order valence-electron chi connectivity index (χ0n) is 9.61. The molecule has 0 saturated heterocycles. The molecule has 102 valence electrons. The predicted octanol–water partition coefficient (Wildman–Crippen LogP) is 4.04. The highest BCUT2D eigenvalue weighted by Gasteiger charge is 2.46. The maximum absolute atomic E-state index is 6.13. The summed E-state index contributed by atoms with van der Waals surface area (Å²) in [6.45, 7) is 0. The van der Waals surface area contributed by atoms with Gasteiger partial charge in [0.25, 0.3) is 0 Å². The van der Waals surface area contributed by atoms with Crippen molar-refractivity contribution in [3.63, 3.8) is 0 Å². The highest BCUT2D eigenvalue weighted by atomic mass is 35.5. The first-order chi connectivity index (χ1) is 8.36. The first-order valence-electron chi connectivity index (χ1n) is 4.53. The van der Waals surface area contributed by atoms with Crippen molar-refractivity contribution in [2.45, 2.75) is 0 Å². The molecule has 0 aromatic heterocycles. The van der Waals surface area contributed by atoms with Crippen LogP contribution in [0.1, 0.15) is 0 Å². The summed E-state index contributed by atoms with van der Waals surface area (Å²) in [5.74, 6) is 0. The van der Waals surface area contributed by atoms with Crippen LogP contribution >= 0.6 is 58.0 Å². The van der Waals surface area contributed by atoms with Crippen LogP contribution in [0.2, 0.25) is 25.1 Å². The molecule has 0 spiro atoms. The number of halogens is 5. The fourth-order valence-electron chi connectivity index (χ4n) is 1.43. The van der Waals surface area contributed by atoms with Crippen molar-refractivity contribution in [3.8, 4) is 0 Å². The van der Waals surface area contributed by atoms with E-state index in [4.69, 9.17) is 71.3 Å². The van der Waals surface area contributed by atoms with E-state index in [2.05, 4.69) is 0 Å². The minimum Gasteiger partial charge on any atom is -0.373 e. The van der Waals surface area contributed by atoms with E-state index in [0.29, 0.717) is 0 Å². The summed E-state index contributed by atoms with van der Waals surface area (Å²) in [6.07, 6.45) is 0. The summed E-state index contributed by atoms with van der Waals surface area (Å²) >= 11 is 30.1. The fourth-order valence-corrected chi connectivity index (χ4v) is 5.32. The molecule has 0 heterocycles. The summed E-state index contributed by atoms with van der Waals surface area (Å²) in [7, 11) is 0.997. The van der Waals surface area contributed by atoms with E-state index in [1.54, 1.807) is 0 Å². The summed E-state index contributed by atoms with van der Waals surface area (Å²) in [6, 6.07) is 0. The number of rotatable bonds is 4. The molecule has 0 saturated carbocycles.